The first kappa shape index (κ1) is 22.9. The van der Waals surface area contributed by atoms with Gasteiger partial charge in [0.1, 0.15) is 17.5 Å². The molecule has 1 aliphatic rings. The molecule has 34 heavy (non-hydrogen) atoms. The largest absolute Gasteiger partial charge is 0.454 e. The summed E-state index contributed by atoms with van der Waals surface area (Å²) in [6.45, 7) is 5.26. The van der Waals surface area contributed by atoms with Gasteiger partial charge < -0.3 is 19.1 Å². The van der Waals surface area contributed by atoms with Gasteiger partial charge in [-0.3, -0.25) is 4.79 Å². The number of aromatic nitrogens is 1. The fourth-order valence-electron chi connectivity index (χ4n) is 4.40. The first-order valence-corrected chi connectivity index (χ1v) is 10.9. The van der Waals surface area contributed by atoms with Crippen LogP contribution in [0.15, 0.2) is 66.0 Å². The number of esters is 1. The molecule has 172 valence electrons. The third-order valence-corrected chi connectivity index (χ3v) is 6.13. The molecule has 7 nitrogen and oxygen atoms in total. The van der Waals surface area contributed by atoms with Crippen LogP contribution >= 0.6 is 0 Å². The molecule has 0 unspecified atom stereocenters. The Morgan fingerprint density at radius 2 is 1.53 bits per heavy atom. The lowest BCUT2D eigenvalue weighted by Crippen LogP contribution is -2.27. The molecule has 0 aliphatic carbocycles. The Morgan fingerprint density at radius 3 is 2.09 bits per heavy atom. The summed E-state index contributed by atoms with van der Waals surface area (Å²) >= 11 is 0. The van der Waals surface area contributed by atoms with Gasteiger partial charge in [-0.15, -0.1) is 0 Å². The maximum Gasteiger partial charge on any atom is 0.340 e. The van der Waals surface area contributed by atoms with Crippen molar-refractivity contribution in [2.75, 3.05) is 30.5 Å². The summed E-state index contributed by atoms with van der Waals surface area (Å²) in [6.07, 6.45) is 0. The molecule has 0 bridgehead atoms. The molecule has 2 aromatic carbocycles. The number of benzene rings is 2. The van der Waals surface area contributed by atoms with Crippen molar-refractivity contribution in [2.24, 2.45) is 0 Å². The number of ketones is 1. The van der Waals surface area contributed by atoms with Gasteiger partial charge in [0.2, 0.25) is 5.78 Å². The number of nitrogens with zero attached hydrogens (tertiary/aromatic N) is 4. The summed E-state index contributed by atoms with van der Waals surface area (Å²) < 4.78 is 7.33. The van der Waals surface area contributed by atoms with E-state index < -0.39 is 18.4 Å². The zero-order valence-electron chi connectivity index (χ0n) is 19.9. The minimum Gasteiger partial charge on any atom is -0.454 e. The third-order valence-electron chi connectivity index (χ3n) is 6.13. The number of hydrogen-bond acceptors (Lipinski definition) is 6. The van der Waals surface area contributed by atoms with Crippen molar-refractivity contribution in [1.82, 2.24) is 4.57 Å². The van der Waals surface area contributed by atoms with Crippen LogP contribution < -0.4 is 9.80 Å². The molecule has 4 rings (SSSR count). The average molecular weight is 455 g/mol. The molecular formula is C27H26N4O3. The van der Waals surface area contributed by atoms with Crippen molar-refractivity contribution in [3.63, 3.8) is 0 Å². The van der Waals surface area contributed by atoms with E-state index in [1.165, 1.54) is 0 Å². The lowest BCUT2D eigenvalue weighted by atomic mass is 10.2. The third kappa shape index (κ3) is 3.84. The molecule has 2 heterocycles. The van der Waals surface area contributed by atoms with Crippen LogP contribution in [0.1, 0.15) is 27.3 Å². The molecule has 0 saturated heterocycles. The van der Waals surface area contributed by atoms with Crippen molar-refractivity contribution in [1.29, 1.82) is 5.26 Å². The lowest BCUT2D eigenvalue weighted by molar-refractivity contribution is -0.118. The molecule has 0 saturated carbocycles. The second-order valence-electron chi connectivity index (χ2n) is 8.37. The van der Waals surface area contributed by atoms with Gasteiger partial charge in [0.05, 0.1) is 16.9 Å². The van der Waals surface area contributed by atoms with E-state index in [1.54, 1.807) is 30.0 Å². The van der Waals surface area contributed by atoms with E-state index in [2.05, 4.69) is 0 Å². The van der Waals surface area contributed by atoms with E-state index in [0.717, 1.165) is 34.0 Å². The molecule has 0 fully saturated rings. The molecule has 0 spiro atoms. The fourth-order valence-corrected chi connectivity index (χ4v) is 4.40. The van der Waals surface area contributed by atoms with Gasteiger partial charge in [-0.05, 0) is 51.1 Å². The molecule has 3 aromatic rings. The minimum absolute atomic E-state index is 0.0564. The Bertz CT molecular complexity index is 1330. The molecular weight excluding hydrogens is 428 g/mol. The van der Waals surface area contributed by atoms with E-state index in [0.29, 0.717) is 11.4 Å². The Hall–Kier alpha value is -4.31. The number of rotatable bonds is 5. The predicted molar refractivity (Wildman–Crippen MR) is 131 cm³/mol. The summed E-state index contributed by atoms with van der Waals surface area (Å²) in [7, 11) is 3.60. The van der Waals surface area contributed by atoms with E-state index >= 15 is 0 Å². The number of carbonyl (C=O) groups excluding carboxylic acids is 2. The van der Waals surface area contributed by atoms with Crippen LogP contribution in [-0.2, 0) is 9.53 Å². The standard InChI is InChI=1S/C27H26N4O3/c1-17-10-12-20(13-11-17)31-18(2)14-21(19(31)3)27(33)34-16-25(32)22(15-28)26-29(4)23-8-6-7-9-24(23)30(26)5/h6-14H,16H2,1-5H3. The Labute approximate surface area is 199 Å². The summed E-state index contributed by atoms with van der Waals surface area (Å²) in [5.74, 6) is -0.689. The molecule has 7 heteroatoms. The van der Waals surface area contributed by atoms with Crippen LogP contribution in [0.3, 0.4) is 0 Å². The summed E-state index contributed by atoms with van der Waals surface area (Å²) in [4.78, 5) is 29.4. The lowest BCUT2D eigenvalue weighted by Gasteiger charge is -2.19. The van der Waals surface area contributed by atoms with Gasteiger partial charge in [0.15, 0.2) is 6.61 Å². The smallest absolute Gasteiger partial charge is 0.340 e. The summed E-state index contributed by atoms with van der Waals surface area (Å²) in [5.41, 5.74) is 5.81. The minimum atomic E-state index is -0.599. The highest BCUT2D eigenvalue weighted by Crippen LogP contribution is 2.40. The zero-order chi connectivity index (χ0) is 24.6. The highest BCUT2D eigenvalue weighted by molar-refractivity contribution is 6.04. The van der Waals surface area contributed by atoms with Crippen LogP contribution in [0.25, 0.3) is 5.69 Å². The van der Waals surface area contributed by atoms with Gasteiger partial charge in [0.25, 0.3) is 0 Å². The van der Waals surface area contributed by atoms with Crippen molar-refractivity contribution in [3.8, 4) is 11.8 Å². The monoisotopic (exact) mass is 454 g/mol. The van der Waals surface area contributed by atoms with Crippen molar-refractivity contribution in [2.45, 2.75) is 20.8 Å². The Kier molecular flexibility index (Phi) is 5.99. The normalized spacial score (nSPS) is 12.4. The number of ether oxygens (including phenoxy) is 1. The van der Waals surface area contributed by atoms with Crippen LogP contribution in [0.2, 0.25) is 0 Å². The first-order chi connectivity index (χ1) is 16.2. The molecule has 0 radical (unpaired) electrons. The number of aryl methyl sites for hydroxylation is 2. The number of para-hydroxylation sites is 2. The quantitative estimate of drug-likeness (QED) is 0.322. The van der Waals surface area contributed by atoms with E-state index in [9.17, 15) is 14.9 Å². The number of anilines is 2. The van der Waals surface area contributed by atoms with E-state index in [-0.39, 0.29) is 5.57 Å². The number of fused-ring (bicyclic) bond motifs is 1. The Morgan fingerprint density at radius 1 is 0.941 bits per heavy atom. The van der Waals surface area contributed by atoms with Crippen molar-refractivity contribution < 1.29 is 14.3 Å². The van der Waals surface area contributed by atoms with E-state index in [4.69, 9.17) is 4.74 Å². The van der Waals surface area contributed by atoms with Crippen LogP contribution in [0.5, 0.6) is 0 Å². The average Bonchev–Trinajstić information content (AvgIpc) is 3.26. The summed E-state index contributed by atoms with van der Waals surface area (Å²) in [5, 5.41) is 9.76. The van der Waals surface area contributed by atoms with Crippen LogP contribution in [-0.4, -0.2) is 37.0 Å². The molecule has 0 atom stereocenters. The SMILES string of the molecule is Cc1ccc(-n2c(C)cc(C(=O)OCC(=O)C(C#N)=C3N(C)c4ccccc4N3C)c2C)cc1. The maximum atomic E-state index is 12.9. The van der Waals surface area contributed by atoms with Gasteiger partial charge in [0, 0.05) is 31.2 Å². The number of Topliss-reactive ketones (excluding diaryl/α,β-unsaturated/α-hetero) is 1. The Balaban J connectivity index is 1.54. The molecule has 0 amide bonds. The van der Waals surface area contributed by atoms with Gasteiger partial charge in [-0.2, -0.15) is 5.26 Å². The van der Waals surface area contributed by atoms with Crippen molar-refractivity contribution >= 4 is 23.1 Å². The van der Waals surface area contributed by atoms with Gasteiger partial charge in [-0.25, -0.2) is 4.79 Å². The maximum absolute atomic E-state index is 12.9. The molecule has 0 N–H and O–H groups in total. The number of carbonyl (C=O) groups is 2. The van der Waals surface area contributed by atoms with Crippen molar-refractivity contribution in [3.05, 3.63) is 88.5 Å². The topological polar surface area (TPSA) is 78.6 Å². The fraction of sp³-hybridized carbons (Fsp3) is 0.222. The zero-order valence-corrected chi connectivity index (χ0v) is 19.9. The van der Waals surface area contributed by atoms with Gasteiger partial charge >= 0.3 is 5.97 Å². The summed E-state index contributed by atoms with van der Waals surface area (Å²) in [6, 6.07) is 19.4. The highest BCUT2D eigenvalue weighted by atomic mass is 16.5. The second kappa shape index (κ2) is 8.91. The van der Waals surface area contributed by atoms with Gasteiger partial charge in [-0.1, -0.05) is 29.8 Å². The van der Waals surface area contributed by atoms with E-state index in [1.807, 2.05) is 79.9 Å². The number of nitriles is 1. The van der Waals surface area contributed by atoms with Crippen LogP contribution in [0, 0.1) is 32.1 Å². The molecule has 1 aromatic heterocycles. The second-order valence-corrected chi connectivity index (χ2v) is 8.37. The number of hydrogen-bond donors (Lipinski definition) is 0. The van der Waals surface area contributed by atoms with Crippen LogP contribution in [0.4, 0.5) is 11.4 Å². The highest BCUT2D eigenvalue weighted by Gasteiger charge is 2.31. The first-order valence-electron chi connectivity index (χ1n) is 10.9. The molecule has 1 aliphatic heterocycles. The predicted octanol–water partition coefficient (Wildman–Crippen LogP) is 4.45.